The van der Waals surface area contributed by atoms with Crippen molar-refractivity contribution in [3.05, 3.63) is 97.2 Å². The first-order valence-electron chi connectivity index (χ1n) is 37.4. The second kappa shape index (κ2) is 70.1. The minimum absolute atomic E-state index is 0.146. The number of hydrogen-bond acceptors (Lipinski definition) is 8. The Kier molecular flexibility index (Phi) is 67.1. The molecule has 0 heterocycles. The standard InChI is InChI=1S/C80H141NO8/c1-6-8-10-12-14-16-18-20-22-24-26-28-30-32-34-35-36-37-38-39-40-41-42-43-45-47-49-51-53-55-57-59-61-63-65-67-69-71-78(83)89-76(75-88-80(79(84)85)86-73-72-81(3,4)5)74-87-77(82)70-68-66-64-62-60-58-56-54-52-50-48-46-44-33-31-29-27-25-23-21-19-17-15-13-11-9-7-2/h8,10,14,16,19-22,25-28,31-34,76,80H,6-7,9,11-13,15,17-18,23-24,29-30,35-75H2,1-5H3/b10-8-,16-14-,21-19-,22-20-,27-25-,28-26-,33-31-,34-32-. The van der Waals surface area contributed by atoms with Gasteiger partial charge in [-0.1, -0.05) is 323 Å². The average molecular weight is 1250 g/mol. The molecule has 0 aliphatic heterocycles. The van der Waals surface area contributed by atoms with Gasteiger partial charge in [-0.2, -0.15) is 0 Å². The summed E-state index contributed by atoms with van der Waals surface area (Å²) >= 11 is 0. The Labute approximate surface area is 550 Å². The number of carboxylic acid groups (broad SMARTS) is 1. The Morgan fingerprint density at radius 1 is 0.348 bits per heavy atom. The Balaban J connectivity index is 4.04. The molecular weight excluding hydrogens is 1100 g/mol. The number of esters is 2. The van der Waals surface area contributed by atoms with Crippen molar-refractivity contribution in [1.82, 2.24) is 0 Å². The second-order valence-corrected chi connectivity index (χ2v) is 26.2. The molecule has 0 aromatic carbocycles. The van der Waals surface area contributed by atoms with Gasteiger partial charge in [-0.25, -0.2) is 0 Å². The molecule has 2 unspecified atom stereocenters. The summed E-state index contributed by atoms with van der Waals surface area (Å²) in [6, 6.07) is 0. The molecule has 0 saturated heterocycles. The summed E-state index contributed by atoms with van der Waals surface area (Å²) in [6.45, 7) is 4.66. The summed E-state index contributed by atoms with van der Waals surface area (Å²) in [5.74, 6) is -2.27. The molecule has 0 aliphatic carbocycles. The molecule has 514 valence electrons. The number of rotatable bonds is 69. The van der Waals surface area contributed by atoms with E-state index in [0.29, 0.717) is 17.4 Å². The van der Waals surface area contributed by atoms with E-state index in [1.165, 1.54) is 225 Å². The van der Waals surface area contributed by atoms with Crippen LogP contribution in [0, 0.1) is 0 Å². The van der Waals surface area contributed by atoms with Crippen LogP contribution in [0.15, 0.2) is 97.2 Å². The van der Waals surface area contributed by atoms with Crippen LogP contribution in [-0.2, 0) is 33.3 Å². The highest BCUT2D eigenvalue weighted by atomic mass is 16.7. The van der Waals surface area contributed by atoms with E-state index in [0.717, 1.165) is 77.0 Å². The van der Waals surface area contributed by atoms with E-state index in [9.17, 15) is 19.5 Å². The predicted molar refractivity (Wildman–Crippen MR) is 380 cm³/mol. The molecule has 0 saturated carbocycles. The van der Waals surface area contributed by atoms with Crippen LogP contribution < -0.4 is 5.11 Å². The number of nitrogens with zero attached hydrogens (tertiary/aromatic N) is 1. The van der Waals surface area contributed by atoms with Crippen molar-refractivity contribution in [2.24, 2.45) is 0 Å². The van der Waals surface area contributed by atoms with Crippen molar-refractivity contribution in [2.45, 2.75) is 347 Å². The first-order chi connectivity index (χ1) is 43.6. The smallest absolute Gasteiger partial charge is 0.306 e. The van der Waals surface area contributed by atoms with Crippen molar-refractivity contribution in [2.75, 3.05) is 47.5 Å². The summed E-state index contributed by atoms with van der Waals surface area (Å²) in [7, 11) is 5.94. The average Bonchev–Trinajstić information content (AvgIpc) is 3.70. The number of ether oxygens (including phenoxy) is 4. The number of carbonyl (C=O) groups is 3. The Morgan fingerprint density at radius 3 is 0.955 bits per heavy atom. The lowest BCUT2D eigenvalue weighted by Gasteiger charge is -2.26. The molecule has 2 atom stereocenters. The quantitative estimate of drug-likeness (QED) is 0.0195. The fourth-order valence-corrected chi connectivity index (χ4v) is 10.6. The third-order valence-corrected chi connectivity index (χ3v) is 16.3. The number of unbranched alkanes of at least 4 members (excludes halogenated alkanes) is 38. The summed E-state index contributed by atoms with van der Waals surface area (Å²) in [5.41, 5.74) is 0. The minimum Gasteiger partial charge on any atom is -0.545 e. The molecule has 89 heavy (non-hydrogen) atoms. The highest BCUT2D eigenvalue weighted by molar-refractivity contribution is 5.70. The van der Waals surface area contributed by atoms with Gasteiger partial charge in [0.25, 0.3) is 0 Å². The number of hydrogen-bond donors (Lipinski definition) is 0. The van der Waals surface area contributed by atoms with Gasteiger partial charge in [0.05, 0.1) is 40.3 Å². The normalized spacial score (nSPS) is 13.2. The van der Waals surface area contributed by atoms with Crippen LogP contribution in [0.3, 0.4) is 0 Å². The highest BCUT2D eigenvalue weighted by Crippen LogP contribution is 2.18. The Bertz CT molecular complexity index is 1790. The maximum Gasteiger partial charge on any atom is 0.306 e. The zero-order valence-corrected chi connectivity index (χ0v) is 58.8. The van der Waals surface area contributed by atoms with Crippen LogP contribution in [-0.4, -0.2) is 82.3 Å². The van der Waals surface area contributed by atoms with E-state index in [1.54, 1.807) is 0 Å². The molecule has 0 bridgehead atoms. The molecule has 9 heteroatoms. The zero-order chi connectivity index (χ0) is 64.7. The Hall–Kier alpha value is -3.79. The molecule has 0 aromatic heterocycles. The van der Waals surface area contributed by atoms with Gasteiger partial charge in [0.2, 0.25) is 0 Å². The number of aliphatic carboxylic acids is 1. The third-order valence-electron chi connectivity index (χ3n) is 16.3. The van der Waals surface area contributed by atoms with Crippen molar-refractivity contribution < 1.29 is 42.9 Å². The molecule has 0 rings (SSSR count). The lowest BCUT2D eigenvalue weighted by molar-refractivity contribution is -0.870. The van der Waals surface area contributed by atoms with Crippen molar-refractivity contribution in [3.8, 4) is 0 Å². The molecule has 0 radical (unpaired) electrons. The van der Waals surface area contributed by atoms with Crippen LogP contribution in [0.25, 0.3) is 0 Å². The SMILES string of the molecule is CC/C=C\C/C=C\C/C=C\C/C=C\C/C=C\CCCCCCCCCCCCCCCCCCCCCCCC(=O)OC(COC(=O)CCCCCCCCCCCCCC/C=C\C/C=C\C/C=C\CCCCCCC)COC(OCC[N+](C)(C)C)C(=O)[O-]. The van der Waals surface area contributed by atoms with E-state index in [-0.39, 0.29) is 38.6 Å². The van der Waals surface area contributed by atoms with Crippen LogP contribution in [0.1, 0.15) is 335 Å². The topological polar surface area (TPSA) is 111 Å². The molecular formula is C80H141NO8. The van der Waals surface area contributed by atoms with E-state index in [4.69, 9.17) is 18.9 Å². The van der Waals surface area contributed by atoms with Gasteiger partial charge in [-0.05, 0) is 96.3 Å². The van der Waals surface area contributed by atoms with Gasteiger partial charge in [0.15, 0.2) is 12.4 Å². The fraction of sp³-hybridized carbons (Fsp3) is 0.762. The van der Waals surface area contributed by atoms with Crippen LogP contribution in [0.5, 0.6) is 0 Å². The molecule has 9 nitrogen and oxygen atoms in total. The minimum atomic E-state index is -1.62. The van der Waals surface area contributed by atoms with Crippen LogP contribution in [0.2, 0.25) is 0 Å². The first kappa shape index (κ1) is 85.2. The van der Waals surface area contributed by atoms with Crippen molar-refractivity contribution >= 4 is 17.9 Å². The number of carboxylic acids is 1. The van der Waals surface area contributed by atoms with Gasteiger partial charge < -0.3 is 33.3 Å². The van der Waals surface area contributed by atoms with Crippen molar-refractivity contribution in [3.63, 3.8) is 0 Å². The van der Waals surface area contributed by atoms with Crippen LogP contribution >= 0.6 is 0 Å². The zero-order valence-electron chi connectivity index (χ0n) is 58.8. The van der Waals surface area contributed by atoms with Crippen molar-refractivity contribution in [1.29, 1.82) is 0 Å². The first-order valence-corrected chi connectivity index (χ1v) is 37.4. The van der Waals surface area contributed by atoms with Gasteiger partial charge in [-0.3, -0.25) is 9.59 Å². The van der Waals surface area contributed by atoms with E-state index in [1.807, 2.05) is 21.1 Å². The summed E-state index contributed by atoms with van der Waals surface area (Å²) in [5, 5.41) is 11.8. The van der Waals surface area contributed by atoms with Gasteiger partial charge in [0, 0.05) is 12.8 Å². The highest BCUT2D eigenvalue weighted by Gasteiger charge is 2.22. The number of allylic oxidation sites excluding steroid dienone is 16. The van der Waals surface area contributed by atoms with E-state index < -0.39 is 24.3 Å². The predicted octanol–water partition coefficient (Wildman–Crippen LogP) is 22.3. The molecule has 0 spiro atoms. The van der Waals surface area contributed by atoms with E-state index >= 15 is 0 Å². The van der Waals surface area contributed by atoms with Gasteiger partial charge in [0.1, 0.15) is 13.2 Å². The van der Waals surface area contributed by atoms with Gasteiger partial charge in [-0.15, -0.1) is 0 Å². The number of quaternary nitrogens is 1. The third kappa shape index (κ3) is 71.5. The molecule has 0 N–H and O–H groups in total. The maximum atomic E-state index is 13.0. The molecule has 0 fully saturated rings. The maximum absolute atomic E-state index is 13.0. The lowest BCUT2D eigenvalue weighted by atomic mass is 10.0. The lowest BCUT2D eigenvalue weighted by Crippen LogP contribution is -2.44. The van der Waals surface area contributed by atoms with Gasteiger partial charge >= 0.3 is 11.9 Å². The summed E-state index contributed by atoms with van der Waals surface area (Å²) < 4.78 is 22.8. The molecule has 0 aromatic rings. The largest absolute Gasteiger partial charge is 0.545 e. The number of likely N-dealkylation sites (N-methyl/N-ethyl adjacent to an activating group) is 1. The summed E-state index contributed by atoms with van der Waals surface area (Å²) in [4.78, 5) is 37.5. The Morgan fingerprint density at radius 2 is 0.640 bits per heavy atom. The number of carbonyl (C=O) groups excluding carboxylic acids is 3. The summed E-state index contributed by atoms with van der Waals surface area (Å²) in [6.07, 6.45) is 93.6. The monoisotopic (exact) mass is 1240 g/mol. The van der Waals surface area contributed by atoms with Crippen LogP contribution in [0.4, 0.5) is 0 Å². The second-order valence-electron chi connectivity index (χ2n) is 26.2. The molecule has 0 amide bonds. The molecule has 0 aliphatic rings. The van der Waals surface area contributed by atoms with E-state index in [2.05, 4.69) is 111 Å². The fourth-order valence-electron chi connectivity index (χ4n) is 10.6.